The van der Waals surface area contributed by atoms with Gasteiger partial charge in [0.1, 0.15) is 17.1 Å². The number of hydrogen-bond donors (Lipinski definition) is 3. The zero-order chi connectivity index (χ0) is 17.0. The number of carbonyl (C=O) groups is 2. The highest BCUT2D eigenvalue weighted by Crippen LogP contribution is 2.23. The van der Waals surface area contributed by atoms with E-state index in [1.807, 2.05) is 26.0 Å². The van der Waals surface area contributed by atoms with Crippen molar-refractivity contribution in [2.75, 3.05) is 11.9 Å². The number of nitrogens with one attached hydrogen (secondary N) is 1. The van der Waals surface area contributed by atoms with Gasteiger partial charge in [-0.1, -0.05) is 6.07 Å². The number of phenols is 2. The first-order valence-electron chi connectivity index (χ1n) is 6.93. The highest BCUT2D eigenvalue weighted by molar-refractivity contribution is 5.96. The molecule has 0 radical (unpaired) electrons. The third kappa shape index (κ3) is 4.23. The third-order valence-electron chi connectivity index (χ3n) is 3.33. The van der Waals surface area contributed by atoms with E-state index in [-0.39, 0.29) is 11.3 Å². The van der Waals surface area contributed by atoms with Crippen LogP contribution >= 0.6 is 0 Å². The topological polar surface area (TPSA) is 95.9 Å². The van der Waals surface area contributed by atoms with Crippen LogP contribution in [0.25, 0.3) is 0 Å². The van der Waals surface area contributed by atoms with Gasteiger partial charge >= 0.3 is 5.97 Å². The van der Waals surface area contributed by atoms with Crippen molar-refractivity contribution >= 4 is 17.6 Å². The van der Waals surface area contributed by atoms with E-state index < -0.39 is 24.2 Å². The molecule has 1 amide bonds. The lowest BCUT2D eigenvalue weighted by molar-refractivity contribution is -0.119. The van der Waals surface area contributed by atoms with Crippen molar-refractivity contribution < 1.29 is 24.5 Å². The van der Waals surface area contributed by atoms with E-state index in [1.165, 1.54) is 12.1 Å². The Morgan fingerprint density at radius 3 is 2.43 bits per heavy atom. The van der Waals surface area contributed by atoms with Gasteiger partial charge in [-0.15, -0.1) is 0 Å². The van der Waals surface area contributed by atoms with Crippen LogP contribution in [0, 0.1) is 13.8 Å². The summed E-state index contributed by atoms with van der Waals surface area (Å²) in [5.74, 6) is -1.92. The standard InChI is InChI=1S/C17H17NO5/c1-10-3-4-12(7-11(10)2)18-16(21)9-23-17(22)14-6-5-13(19)8-15(14)20/h3-8,19-20H,9H2,1-2H3,(H,18,21). The Labute approximate surface area is 133 Å². The molecule has 3 N–H and O–H groups in total. The number of rotatable bonds is 4. The number of hydrogen-bond acceptors (Lipinski definition) is 5. The quantitative estimate of drug-likeness (QED) is 0.753. The van der Waals surface area contributed by atoms with E-state index >= 15 is 0 Å². The van der Waals surface area contributed by atoms with E-state index in [0.29, 0.717) is 5.69 Å². The number of aryl methyl sites for hydroxylation is 2. The van der Waals surface area contributed by atoms with Crippen LogP contribution in [-0.4, -0.2) is 28.7 Å². The van der Waals surface area contributed by atoms with Gasteiger partial charge in [0.2, 0.25) is 0 Å². The van der Waals surface area contributed by atoms with E-state index in [1.54, 1.807) is 6.07 Å². The van der Waals surface area contributed by atoms with Gasteiger partial charge in [0.25, 0.3) is 5.91 Å². The van der Waals surface area contributed by atoms with E-state index in [9.17, 15) is 14.7 Å². The molecule has 2 aromatic rings. The van der Waals surface area contributed by atoms with Crippen molar-refractivity contribution in [3.05, 3.63) is 53.1 Å². The Bertz CT molecular complexity index is 755. The molecule has 2 rings (SSSR count). The molecule has 0 aromatic heterocycles. The van der Waals surface area contributed by atoms with Crippen molar-refractivity contribution in [1.29, 1.82) is 0 Å². The maximum absolute atomic E-state index is 11.8. The fourth-order valence-electron chi connectivity index (χ4n) is 1.92. The molecule has 6 heteroatoms. The normalized spacial score (nSPS) is 10.2. The fraction of sp³-hybridized carbons (Fsp3) is 0.176. The third-order valence-corrected chi connectivity index (χ3v) is 3.33. The van der Waals surface area contributed by atoms with Gasteiger partial charge in [-0.3, -0.25) is 4.79 Å². The Morgan fingerprint density at radius 1 is 1.04 bits per heavy atom. The summed E-state index contributed by atoms with van der Waals surface area (Å²) in [5, 5.41) is 21.3. The summed E-state index contributed by atoms with van der Waals surface area (Å²) in [7, 11) is 0. The number of esters is 1. The minimum atomic E-state index is -0.849. The highest BCUT2D eigenvalue weighted by Gasteiger charge is 2.15. The van der Waals surface area contributed by atoms with Crippen LogP contribution in [0.15, 0.2) is 36.4 Å². The maximum Gasteiger partial charge on any atom is 0.342 e. The average Bonchev–Trinajstić information content (AvgIpc) is 2.48. The van der Waals surface area contributed by atoms with Crippen molar-refractivity contribution in [2.24, 2.45) is 0 Å². The van der Waals surface area contributed by atoms with Crippen LogP contribution in [0.5, 0.6) is 11.5 Å². The zero-order valence-electron chi connectivity index (χ0n) is 12.8. The van der Waals surface area contributed by atoms with Gasteiger partial charge < -0.3 is 20.3 Å². The van der Waals surface area contributed by atoms with Gasteiger partial charge in [0.05, 0.1) is 0 Å². The summed E-state index contributed by atoms with van der Waals surface area (Å²) < 4.78 is 4.84. The number of ether oxygens (including phenoxy) is 1. The molecular weight excluding hydrogens is 298 g/mol. The highest BCUT2D eigenvalue weighted by atomic mass is 16.5. The van der Waals surface area contributed by atoms with Crippen LogP contribution < -0.4 is 5.32 Å². The molecule has 0 atom stereocenters. The Morgan fingerprint density at radius 2 is 1.78 bits per heavy atom. The molecule has 0 heterocycles. The van der Waals surface area contributed by atoms with Crippen molar-refractivity contribution in [1.82, 2.24) is 0 Å². The molecule has 120 valence electrons. The van der Waals surface area contributed by atoms with E-state index in [4.69, 9.17) is 9.84 Å². The first-order chi connectivity index (χ1) is 10.9. The molecular formula is C17H17NO5. The number of phenolic OH excluding ortho intramolecular Hbond substituents is 2. The minimum absolute atomic E-state index is 0.123. The van der Waals surface area contributed by atoms with Crippen LogP contribution in [0.2, 0.25) is 0 Å². The lowest BCUT2D eigenvalue weighted by Gasteiger charge is -2.09. The van der Waals surface area contributed by atoms with Gasteiger partial charge in [0, 0.05) is 11.8 Å². The van der Waals surface area contributed by atoms with Crippen LogP contribution in [0.1, 0.15) is 21.5 Å². The van der Waals surface area contributed by atoms with Crippen molar-refractivity contribution in [2.45, 2.75) is 13.8 Å². The minimum Gasteiger partial charge on any atom is -0.508 e. The molecule has 0 saturated carbocycles. The Balaban J connectivity index is 1.93. The van der Waals surface area contributed by atoms with Gasteiger partial charge in [-0.05, 0) is 49.2 Å². The molecule has 23 heavy (non-hydrogen) atoms. The molecule has 0 bridgehead atoms. The van der Waals surface area contributed by atoms with Crippen LogP contribution in [-0.2, 0) is 9.53 Å². The number of benzene rings is 2. The predicted octanol–water partition coefficient (Wildman–Crippen LogP) is 2.51. The number of carbonyl (C=O) groups excluding carboxylic acids is 2. The molecule has 6 nitrogen and oxygen atoms in total. The smallest absolute Gasteiger partial charge is 0.342 e. The van der Waals surface area contributed by atoms with Gasteiger partial charge in [0.15, 0.2) is 6.61 Å². The van der Waals surface area contributed by atoms with Crippen LogP contribution in [0.4, 0.5) is 5.69 Å². The summed E-state index contributed by atoms with van der Waals surface area (Å²) in [6.45, 7) is 3.41. The summed E-state index contributed by atoms with van der Waals surface area (Å²) in [6.07, 6.45) is 0. The first-order valence-corrected chi connectivity index (χ1v) is 6.93. The number of amides is 1. The fourth-order valence-corrected chi connectivity index (χ4v) is 1.92. The predicted molar refractivity (Wildman–Crippen MR) is 84.6 cm³/mol. The second-order valence-electron chi connectivity index (χ2n) is 5.12. The molecule has 2 aromatic carbocycles. The number of anilines is 1. The van der Waals surface area contributed by atoms with Gasteiger partial charge in [-0.2, -0.15) is 0 Å². The molecule has 0 aliphatic heterocycles. The second kappa shape index (κ2) is 6.83. The Kier molecular flexibility index (Phi) is 4.85. The molecule has 0 fully saturated rings. The lowest BCUT2D eigenvalue weighted by atomic mass is 10.1. The van der Waals surface area contributed by atoms with Crippen molar-refractivity contribution in [3.63, 3.8) is 0 Å². The van der Waals surface area contributed by atoms with E-state index in [2.05, 4.69) is 5.32 Å². The van der Waals surface area contributed by atoms with Crippen LogP contribution in [0.3, 0.4) is 0 Å². The maximum atomic E-state index is 11.8. The molecule has 0 saturated heterocycles. The second-order valence-corrected chi connectivity index (χ2v) is 5.12. The summed E-state index contributed by atoms with van der Waals surface area (Å²) in [6, 6.07) is 8.94. The number of aromatic hydroxyl groups is 2. The molecule has 0 spiro atoms. The monoisotopic (exact) mass is 315 g/mol. The molecule has 0 unspecified atom stereocenters. The van der Waals surface area contributed by atoms with E-state index in [0.717, 1.165) is 17.2 Å². The summed E-state index contributed by atoms with van der Waals surface area (Å²) in [5.41, 5.74) is 2.63. The Hall–Kier alpha value is -3.02. The van der Waals surface area contributed by atoms with Crippen molar-refractivity contribution in [3.8, 4) is 11.5 Å². The summed E-state index contributed by atoms with van der Waals surface area (Å²) >= 11 is 0. The first kappa shape index (κ1) is 16.4. The van der Waals surface area contributed by atoms with Gasteiger partial charge in [-0.25, -0.2) is 4.79 Å². The SMILES string of the molecule is Cc1ccc(NC(=O)COC(=O)c2ccc(O)cc2O)cc1C. The largest absolute Gasteiger partial charge is 0.508 e. The summed E-state index contributed by atoms with van der Waals surface area (Å²) in [4.78, 5) is 23.6. The average molecular weight is 315 g/mol. The lowest BCUT2D eigenvalue weighted by Crippen LogP contribution is -2.21. The molecule has 0 aliphatic carbocycles. The zero-order valence-corrected chi connectivity index (χ0v) is 12.8. The molecule has 0 aliphatic rings.